The van der Waals surface area contributed by atoms with E-state index in [9.17, 15) is 4.79 Å². The fourth-order valence-electron chi connectivity index (χ4n) is 4.61. The molecule has 0 radical (unpaired) electrons. The molecule has 1 heterocycles. The fraction of sp³-hybridized carbons (Fsp3) is 0.444. The van der Waals surface area contributed by atoms with Crippen molar-refractivity contribution in [3.8, 4) is 11.3 Å². The van der Waals surface area contributed by atoms with Crippen LogP contribution in [0.3, 0.4) is 0 Å². The van der Waals surface area contributed by atoms with Gasteiger partial charge >= 0.3 is 0 Å². The van der Waals surface area contributed by atoms with Crippen LogP contribution in [0.1, 0.15) is 62.8 Å². The van der Waals surface area contributed by atoms with Gasteiger partial charge in [-0.15, -0.1) is 0 Å². The zero-order valence-corrected chi connectivity index (χ0v) is 20.1. The van der Waals surface area contributed by atoms with E-state index >= 15 is 0 Å². The summed E-state index contributed by atoms with van der Waals surface area (Å²) in [5.41, 5.74) is 13.7. The first-order valence-corrected chi connectivity index (χ1v) is 11.4. The molecular weight excluding hydrogens is 382 g/mol. The van der Waals surface area contributed by atoms with Crippen LogP contribution in [0, 0.1) is 13.8 Å². The molecule has 166 valence electrons. The van der Waals surface area contributed by atoms with Gasteiger partial charge in [-0.2, -0.15) is 0 Å². The van der Waals surface area contributed by atoms with Crippen LogP contribution in [0.2, 0.25) is 0 Å². The number of rotatable bonds is 7. The molecular formula is C27H37N3O. The number of aryl methyl sites for hydroxylation is 2. The minimum atomic E-state index is -0.596. The maximum atomic E-state index is 13.2. The molecule has 3 N–H and O–H groups in total. The molecule has 0 aliphatic rings. The Morgan fingerprint density at radius 3 is 2.23 bits per heavy atom. The van der Waals surface area contributed by atoms with Gasteiger partial charge in [0.1, 0.15) is 0 Å². The van der Waals surface area contributed by atoms with E-state index in [4.69, 9.17) is 5.73 Å². The highest BCUT2D eigenvalue weighted by atomic mass is 16.2. The summed E-state index contributed by atoms with van der Waals surface area (Å²) in [6.45, 7) is 16.6. The van der Waals surface area contributed by atoms with Crippen LogP contribution in [-0.2, 0) is 10.2 Å². The van der Waals surface area contributed by atoms with Crippen LogP contribution in [0.15, 0.2) is 36.4 Å². The molecule has 1 aromatic heterocycles. The lowest BCUT2D eigenvalue weighted by Gasteiger charge is -2.31. The third-order valence-electron chi connectivity index (χ3n) is 6.50. The SMILES string of the molecule is CCN(CC)C(=O)C(C)(C)c1ccc2[nH]c(-c3cc(C)cc(C)c3)c(C(C)CN)c2c1. The highest BCUT2D eigenvalue weighted by molar-refractivity contribution is 5.94. The van der Waals surface area contributed by atoms with Crippen molar-refractivity contribution in [2.24, 2.45) is 5.73 Å². The number of hydrogen-bond acceptors (Lipinski definition) is 2. The number of aromatic nitrogens is 1. The normalized spacial score (nSPS) is 12.9. The van der Waals surface area contributed by atoms with Crippen molar-refractivity contribution in [2.75, 3.05) is 19.6 Å². The summed E-state index contributed by atoms with van der Waals surface area (Å²) in [5, 5.41) is 1.16. The Morgan fingerprint density at radius 1 is 1.06 bits per heavy atom. The summed E-state index contributed by atoms with van der Waals surface area (Å²) in [4.78, 5) is 18.8. The molecule has 1 atom stereocenters. The molecule has 3 aromatic rings. The lowest BCUT2D eigenvalue weighted by atomic mass is 9.81. The van der Waals surface area contributed by atoms with Gasteiger partial charge in [0.25, 0.3) is 0 Å². The number of nitrogens with zero attached hydrogens (tertiary/aromatic N) is 1. The molecule has 4 heteroatoms. The van der Waals surface area contributed by atoms with Crippen molar-refractivity contribution < 1.29 is 4.79 Å². The number of fused-ring (bicyclic) bond motifs is 1. The molecule has 0 aliphatic heterocycles. The zero-order valence-electron chi connectivity index (χ0n) is 20.1. The molecule has 0 saturated heterocycles. The molecule has 0 fully saturated rings. The zero-order chi connectivity index (χ0) is 22.9. The monoisotopic (exact) mass is 419 g/mol. The minimum absolute atomic E-state index is 0.162. The number of nitrogens with one attached hydrogen (secondary N) is 1. The van der Waals surface area contributed by atoms with Gasteiger partial charge in [-0.05, 0) is 95.0 Å². The van der Waals surface area contributed by atoms with Gasteiger partial charge in [0.2, 0.25) is 5.91 Å². The first-order chi connectivity index (χ1) is 14.6. The second kappa shape index (κ2) is 8.88. The van der Waals surface area contributed by atoms with Gasteiger partial charge in [-0.1, -0.05) is 30.2 Å². The number of benzene rings is 2. The lowest BCUT2D eigenvalue weighted by molar-refractivity contribution is -0.135. The Bertz CT molecular complexity index is 1070. The van der Waals surface area contributed by atoms with Crippen molar-refractivity contribution in [1.82, 2.24) is 9.88 Å². The topological polar surface area (TPSA) is 62.1 Å². The molecule has 4 nitrogen and oxygen atoms in total. The standard InChI is InChI=1S/C27H37N3O/c1-8-30(9-2)26(31)27(6,7)21-10-11-23-22(15-21)24(19(5)16-28)25(29-23)20-13-17(3)12-18(4)14-20/h10-15,19,29H,8-9,16,28H2,1-7H3. The highest BCUT2D eigenvalue weighted by Gasteiger charge is 2.33. The minimum Gasteiger partial charge on any atom is -0.354 e. The number of nitrogens with two attached hydrogens (primary N) is 1. The third-order valence-corrected chi connectivity index (χ3v) is 6.50. The molecule has 0 saturated carbocycles. The van der Waals surface area contributed by atoms with Crippen LogP contribution < -0.4 is 5.73 Å². The molecule has 2 aromatic carbocycles. The Morgan fingerprint density at radius 2 is 1.68 bits per heavy atom. The van der Waals surface area contributed by atoms with Gasteiger partial charge in [-0.3, -0.25) is 4.79 Å². The van der Waals surface area contributed by atoms with E-state index in [2.05, 4.69) is 62.2 Å². The number of carbonyl (C=O) groups excluding carboxylic acids is 1. The van der Waals surface area contributed by atoms with E-state index in [1.165, 1.54) is 22.3 Å². The average molecular weight is 420 g/mol. The number of hydrogen-bond donors (Lipinski definition) is 2. The van der Waals surface area contributed by atoms with Crippen molar-refractivity contribution in [3.63, 3.8) is 0 Å². The highest BCUT2D eigenvalue weighted by Crippen LogP contribution is 2.38. The Kier molecular flexibility index (Phi) is 6.61. The number of carbonyl (C=O) groups is 1. The number of H-pyrrole nitrogens is 1. The second-order valence-corrected chi connectivity index (χ2v) is 9.29. The maximum absolute atomic E-state index is 13.2. The number of aromatic amines is 1. The molecule has 3 rings (SSSR count). The van der Waals surface area contributed by atoms with Crippen molar-refractivity contribution in [3.05, 3.63) is 58.7 Å². The van der Waals surface area contributed by atoms with Gasteiger partial charge in [0.15, 0.2) is 0 Å². The maximum Gasteiger partial charge on any atom is 0.232 e. The van der Waals surface area contributed by atoms with Crippen molar-refractivity contribution in [2.45, 2.75) is 59.8 Å². The van der Waals surface area contributed by atoms with Gasteiger partial charge in [0, 0.05) is 24.0 Å². The van der Waals surface area contributed by atoms with Crippen LogP contribution in [0.5, 0.6) is 0 Å². The summed E-state index contributed by atoms with van der Waals surface area (Å²) in [7, 11) is 0. The number of likely N-dealkylation sites (N-methyl/N-ethyl adjacent to an activating group) is 1. The largest absolute Gasteiger partial charge is 0.354 e. The predicted octanol–water partition coefficient (Wildman–Crippen LogP) is 5.66. The van der Waals surface area contributed by atoms with E-state index in [1.807, 2.05) is 32.6 Å². The van der Waals surface area contributed by atoms with Gasteiger partial charge in [-0.25, -0.2) is 0 Å². The average Bonchev–Trinajstić information content (AvgIpc) is 3.12. The summed E-state index contributed by atoms with van der Waals surface area (Å²) < 4.78 is 0. The fourth-order valence-corrected chi connectivity index (χ4v) is 4.61. The van der Waals surface area contributed by atoms with E-state index in [1.54, 1.807) is 0 Å². The lowest BCUT2D eigenvalue weighted by Crippen LogP contribution is -2.43. The van der Waals surface area contributed by atoms with E-state index in [0.29, 0.717) is 6.54 Å². The van der Waals surface area contributed by atoms with Crippen molar-refractivity contribution in [1.29, 1.82) is 0 Å². The quantitative estimate of drug-likeness (QED) is 0.519. The summed E-state index contributed by atoms with van der Waals surface area (Å²) >= 11 is 0. The van der Waals surface area contributed by atoms with Crippen LogP contribution >= 0.6 is 0 Å². The Hall–Kier alpha value is -2.59. The second-order valence-electron chi connectivity index (χ2n) is 9.29. The van der Waals surface area contributed by atoms with Gasteiger partial charge in [0.05, 0.1) is 11.1 Å². The summed E-state index contributed by atoms with van der Waals surface area (Å²) in [6, 6.07) is 13.0. The van der Waals surface area contributed by atoms with Crippen LogP contribution in [0.4, 0.5) is 0 Å². The summed E-state index contributed by atoms with van der Waals surface area (Å²) in [5.74, 6) is 0.358. The summed E-state index contributed by atoms with van der Waals surface area (Å²) in [6.07, 6.45) is 0. The molecule has 31 heavy (non-hydrogen) atoms. The van der Waals surface area contributed by atoms with Gasteiger partial charge < -0.3 is 15.6 Å². The molecule has 1 amide bonds. The number of amides is 1. The van der Waals surface area contributed by atoms with E-state index in [0.717, 1.165) is 35.2 Å². The molecule has 0 aliphatic carbocycles. The first-order valence-electron chi connectivity index (χ1n) is 11.4. The first kappa shape index (κ1) is 23.1. The molecule has 0 bridgehead atoms. The van der Waals surface area contributed by atoms with Crippen LogP contribution in [0.25, 0.3) is 22.2 Å². The van der Waals surface area contributed by atoms with Crippen LogP contribution in [-0.4, -0.2) is 35.4 Å². The van der Waals surface area contributed by atoms with Crippen molar-refractivity contribution >= 4 is 16.8 Å². The predicted molar refractivity (Wildman–Crippen MR) is 132 cm³/mol. The Balaban J connectivity index is 2.21. The van der Waals surface area contributed by atoms with E-state index in [-0.39, 0.29) is 11.8 Å². The smallest absolute Gasteiger partial charge is 0.232 e. The molecule has 0 spiro atoms. The molecule has 1 unspecified atom stereocenters. The van der Waals surface area contributed by atoms with E-state index < -0.39 is 5.41 Å². The third kappa shape index (κ3) is 4.27. The Labute approximate surface area is 186 Å².